The Bertz CT molecular complexity index is 767. The second-order valence-corrected chi connectivity index (χ2v) is 7.53. The first-order valence-corrected chi connectivity index (χ1v) is 9.67. The van der Waals surface area contributed by atoms with Crippen LogP contribution in [0, 0.1) is 0 Å². The molecule has 0 radical (unpaired) electrons. The third-order valence-corrected chi connectivity index (χ3v) is 6.43. The van der Waals surface area contributed by atoms with E-state index in [1.165, 1.54) is 0 Å². The Kier molecular flexibility index (Phi) is 4.65. The monoisotopic (exact) mass is 370 g/mol. The molecule has 2 atom stereocenters. The fourth-order valence-corrected chi connectivity index (χ4v) is 5.35. The van der Waals surface area contributed by atoms with Gasteiger partial charge in [0.2, 0.25) is 0 Å². The Morgan fingerprint density at radius 1 is 1.04 bits per heavy atom. The van der Waals surface area contributed by atoms with Crippen LogP contribution in [0.5, 0.6) is 0 Å². The van der Waals surface area contributed by atoms with Crippen molar-refractivity contribution >= 4 is 17.8 Å². The van der Waals surface area contributed by atoms with Crippen molar-refractivity contribution in [3.63, 3.8) is 0 Å². The highest BCUT2D eigenvalue weighted by atomic mass is 32.2. The quantitative estimate of drug-likeness (QED) is 0.753. The third kappa shape index (κ3) is 2.60. The minimum atomic E-state index is -1.08. The number of urea groups is 1. The number of thioether (sulfide) groups is 1. The summed E-state index contributed by atoms with van der Waals surface area (Å²) in [5, 5.41) is -0.0286. The van der Waals surface area contributed by atoms with Crippen LogP contribution in [0.25, 0.3) is 0 Å². The van der Waals surface area contributed by atoms with Gasteiger partial charge in [0, 0.05) is 20.0 Å². The van der Waals surface area contributed by atoms with Gasteiger partial charge in [0.25, 0.3) is 5.91 Å². The molecule has 0 N–H and O–H groups in total. The lowest BCUT2D eigenvalue weighted by atomic mass is 10.1. The van der Waals surface area contributed by atoms with Gasteiger partial charge in [-0.2, -0.15) is 0 Å². The van der Waals surface area contributed by atoms with E-state index in [4.69, 9.17) is 9.47 Å². The number of ether oxygens (including phenoxy) is 2. The van der Waals surface area contributed by atoms with E-state index in [-0.39, 0.29) is 17.4 Å². The molecule has 6 heteroatoms. The van der Waals surface area contributed by atoms with Crippen molar-refractivity contribution in [1.82, 2.24) is 9.80 Å². The molecule has 4 rings (SSSR count). The summed E-state index contributed by atoms with van der Waals surface area (Å²) in [6.45, 7) is 0.445. The standard InChI is InChI=1S/C20H22N2O3S/c1-24-20(25-2)17-14-26-18(16-11-7-4-8-12-16)22(17)19(23)21(20)13-15-9-5-3-6-10-15/h3-12,17-18H,13-14H2,1-2H3/t17-,18-/m0/s1. The molecule has 136 valence electrons. The Hall–Kier alpha value is -2.02. The topological polar surface area (TPSA) is 42.0 Å². The predicted octanol–water partition coefficient (Wildman–Crippen LogP) is 3.69. The number of methoxy groups -OCH3 is 2. The highest BCUT2D eigenvalue weighted by Gasteiger charge is 2.63. The summed E-state index contributed by atoms with van der Waals surface area (Å²) >= 11 is 1.75. The molecule has 2 fully saturated rings. The van der Waals surface area contributed by atoms with Gasteiger partial charge in [-0.15, -0.1) is 11.8 Å². The Morgan fingerprint density at radius 3 is 2.27 bits per heavy atom. The van der Waals surface area contributed by atoms with Crippen molar-refractivity contribution < 1.29 is 14.3 Å². The maximum Gasteiger partial charge on any atom is 0.326 e. The summed E-state index contributed by atoms with van der Waals surface area (Å²) in [4.78, 5) is 17.0. The molecule has 0 aromatic heterocycles. The van der Waals surface area contributed by atoms with Crippen LogP contribution in [0.1, 0.15) is 16.5 Å². The number of amides is 2. The van der Waals surface area contributed by atoms with Crippen molar-refractivity contribution in [2.75, 3.05) is 20.0 Å². The maximum absolute atomic E-state index is 13.4. The highest BCUT2D eigenvalue weighted by molar-refractivity contribution is 7.99. The van der Waals surface area contributed by atoms with Crippen LogP contribution in [-0.4, -0.2) is 47.8 Å². The van der Waals surface area contributed by atoms with Gasteiger partial charge in [-0.05, 0) is 11.1 Å². The summed E-state index contributed by atoms with van der Waals surface area (Å²) in [6.07, 6.45) is 0. The minimum Gasteiger partial charge on any atom is -0.334 e. The summed E-state index contributed by atoms with van der Waals surface area (Å²) in [5.41, 5.74) is 2.17. The molecule has 0 aliphatic carbocycles. The molecule has 0 saturated carbocycles. The van der Waals surface area contributed by atoms with Crippen molar-refractivity contribution in [2.24, 2.45) is 0 Å². The molecule has 5 nitrogen and oxygen atoms in total. The number of carbonyl (C=O) groups excluding carboxylic acids is 1. The van der Waals surface area contributed by atoms with Crippen LogP contribution in [0.2, 0.25) is 0 Å². The molecule has 2 aliphatic rings. The van der Waals surface area contributed by atoms with E-state index in [1.807, 2.05) is 53.4 Å². The number of carbonyl (C=O) groups is 1. The highest BCUT2D eigenvalue weighted by Crippen LogP contribution is 2.51. The molecule has 0 spiro atoms. The summed E-state index contributed by atoms with van der Waals surface area (Å²) in [5.74, 6) is -0.318. The molecule has 26 heavy (non-hydrogen) atoms. The van der Waals surface area contributed by atoms with Crippen LogP contribution in [-0.2, 0) is 16.0 Å². The molecule has 2 aromatic carbocycles. The van der Waals surface area contributed by atoms with Crippen LogP contribution < -0.4 is 0 Å². The number of hydrogen-bond acceptors (Lipinski definition) is 4. The van der Waals surface area contributed by atoms with E-state index in [2.05, 4.69) is 12.1 Å². The number of benzene rings is 2. The van der Waals surface area contributed by atoms with Crippen LogP contribution in [0.15, 0.2) is 60.7 Å². The number of nitrogens with zero attached hydrogens (tertiary/aromatic N) is 2. The van der Waals surface area contributed by atoms with Gasteiger partial charge in [-0.3, -0.25) is 9.80 Å². The smallest absolute Gasteiger partial charge is 0.326 e. The molecule has 0 bridgehead atoms. The summed E-state index contributed by atoms with van der Waals surface area (Å²) in [7, 11) is 3.22. The van der Waals surface area contributed by atoms with Gasteiger partial charge in [-0.25, -0.2) is 4.79 Å². The van der Waals surface area contributed by atoms with Gasteiger partial charge in [0.1, 0.15) is 11.4 Å². The lowest BCUT2D eigenvalue weighted by molar-refractivity contribution is -0.281. The second-order valence-electron chi connectivity index (χ2n) is 6.41. The predicted molar refractivity (Wildman–Crippen MR) is 101 cm³/mol. The van der Waals surface area contributed by atoms with E-state index in [0.29, 0.717) is 6.54 Å². The fourth-order valence-electron chi connectivity index (χ4n) is 3.87. The molecular weight excluding hydrogens is 348 g/mol. The molecule has 2 heterocycles. The van der Waals surface area contributed by atoms with Gasteiger partial charge in [0.15, 0.2) is 0 Å². The number of fused-ring (bicyclic) bond motifs is 1. The largest absolute Gasteiger partial charge is 0.334 e. The van der Waals surface area contributed by atoms with Crippen molar-refractivity contribution in [1.29, 1.82) is 0 Å². The van der Waals surface area contributed by atoms with Gasteiger partial charge in [-0.1, -0.05) is 60.7 Å². The Labute approximate surface area is 157 Å². The van der Waals surface area contributed by atoms with Crippen LogP contribution >= 0.6 is 11.8 Å². The lowest BCUT2D eigenvalue weighted by Gasteiger charge is -2.37. The lowest BCUT2D eigenvalue weighted by Crippen LogP contribution is -2.54. The minimum absolute atomic E-state index is 0.0286. The van der Waals surface area contributed by atoms with Gasteiger partial charge < -0.3 is 9.47 Å². The first-order chi connectivity index (χ1) is 12.7. The maximum atomic E-state index is 13.4. The second kappa shape index (κ2) is 6.95. The van der Waals surface area contributed by atoms with Gasteiger partial charge in [0.05, 0.1) is 6.54 Å². The normalized spacial score (nSPS) is 24.2. The third-order valence-electron chi connectivity index (χ3n) is 5.10. The van der Waals surface area contributed by atoms with E-state index in [9.17, 15) is 4.79 Å². The van der Waals surface area contributed by atoms with E-state index in [0.717, 1.165) is 16.9 Å². The average molecular weight is 370 g/mol. The van der Waals surface area contributed by atoms with E-state index < -0.39 is 5.91 Å². The molecular formula is C20H22N2O3S. The number of rotatable bonds is 5. The Morgan fingerprint density at radius 2 is 1.65 bits per heavy atom. The average Bonchev–Trinajstić information content (AvgIpc) is 3.23. The van der Waals surface area contributed by atoms with Crippen LogP contribution in [0.3, 0.4) is 0 Å². The Balaban J connectivity index is 1.70. The summed E-state index contributed by atoms with van der Waals surface area (Å²) in [6, 6.07) is 19.8. The van der Waals surface area contributed by atoms with Crippen molar-refractivity contribution in [3.8, 4) is 0 Å². The zero-order valence-corrected chi connectivity index (χ0v) is 15.7. The van der Waals surface area contributed by atoms with Crippen LogP contribution in [0.4, 0.5) is 4.79 Å². The zero-order valence-electron chi connectivity index (χ0n) is 14.9. The first kappa shape index (κ1) is 17.4. The molecule has 2 saturated heterocycles. The number of hydrogen-bond donors (Lipinski definition) is 0. The fraction of sp³-hybridized carbons (Fsp3) is 0.350. The SMILES string of the molecule is COC1(OC)[C@@H]2CS[C@@H](c3ccccc3)N2C(=O)N1Cc1ccccc1. The molecule has 2 aromatic rings. The summed E-state index contributed by atoms with van der Waals surface area (Å²) < 4.78 is 11.7. The van der Waals surface area contributed by atoms with E-state index in [1.54, 1.807) is 30.9 Å². The first-order valence-electron chi connectivity index (χ1n) is 8.62. The van der Waals surface area contributed by atoms with Gasteiger partial charge >= 0.3 is 6.03 Å². The molecule has 2 aliphatic heterocycles. The van der Waals surface area contributed by atoms with E-state index >= 15 is 0 Å². The van der Waals surface area contributed by atoms with Crippen molar-refractivity contribution in [2.45, 2.75) is 23.9 Å². The van der Waals surface area contributed by atoms with Crippen molar-refractivity contribution in [3.05, 3.63) is 71.8 Å². The molecule has 2 amide bonds. The zero-order chi connectivity index (χ0) is 18.1. The molecule has 0 unspecified atom stereocenters.